The second kappa shape index (κ2) is 5.04. The first-order valence-corrected chi connectivity index (χ1v) is 9.37. The van der Waals surface area contributed by atoms with Gasteiger partial charge in [0.25, 0.3) is 0 Å². The summed E-state index contributed by atoms with van der Waals surface area (Å²) >= 11 is 0. The summed E-state index contributed by atoms with van der Waals surface area (Å²) in [6.45, 7) is 0. The van der Waals surface area contributed by atoms with Crippen LogP contribution in [0, 0.1) is 17.0 Å². The molecule has 0 radical (unpaired) electrons. The minimum atomic E-state index is -0.992. The third kappa shape index (κ3) is 1.76. The van der Waals surface area contributed by atoms with Crippen molar-refractivity contribution in [2.24, 2.45) is 11.8 Å². The maximum absolute atomic E-state index is 13.3. The topological polar surface area (TPSA) is 93.9 Å². The van der Waals surface area contributed by atoms with Crippen LogP contribution in [0.2, 0.25) is 0 Å². The van der Waals surface area contributed by atoms with E-state index in [1.54, 1.807) is 6.08 Å². The highest BCUT2D eigenvalue weighted by molar-refractivity contribution is 6.12. The van der Waals surface area contributed by atoms with Gasteiger partial charge >= 0.3 is 0 Å². The Labute approximate surface area is 155 Å². The van der Waals surface area contributed by atoms with Crippen molar-refractivity contribution in [3.63, 3.8) is 0 Å². The Bertz CT molecular complexity index is 1020. The predicted molar refractivity (Wildman–Crippen MR) is 95.0 cm³/mol. The molecule has 2 heterocycles. The van der Waals surface area contributed by atoms with Gasteiger partial charge in [0.05, 0.1) is 5.57 Å². The van der Waals surface area contributed by atoms with E-state index in [9.17, 15) is 19.9 Å². The SMILES string of the molecule is O=C1C=CCC2=C1C1=C3C(=O)NC(O)C3C3c4ccccc4CC3C1[NH+]2[O-]. The molecule has 6 unspecified atom stereocenters. The van der Waals surface area contributed by atoms with Crippen LogP contribution in [-0.4, -0.2) is 29.1 Å². The Morgan fingerprint density at radius 3 is 2.81 bits per heavy atom. The van der Waals surface area contributed by atoms with Gasteiger partial charge < -0.3 is 20.7 Å². The van der Waals surface area contributed by atoms with Crippen molar-refractivity contribution in [1.29, 1.82) is 0 Å². The molecule has 1 aromatic carbocycles. The van der Waals surface area contributed by atoms with E-state index in [4.69, 9.17) is 0 Å². The largest absolute Gasteiger partial charge is 0.629 e. The molecule has 2 aliphatic heterocycles. The average molecular weight is 362 g/mol. The Morgan fingerprint density at radius 1 is 1.15 bits per heavy atom. The van der Waals surface area contributed by atoms with Crippen molar-refractivity contribution >= 4 is 11.7 Å². The first-order chi connectivity index (χ1) is 13.1. The summed E-state index contributed by atoms with van der Waals surface area (Å²) in [5.41, 5.74) is 4.29. The molecule has 3 N–H and O–H groups in total. The molecule has 0 saturated carbocycles. The Hall–Kier alpha value is -2.54. The average Bonchev–Trinajstić information content (AvgIpc) is 3.26. The zero-order valence-corrected chi connectivity index (χ0v) is 14.4. The number of quaternary nitrogens is 1. The fourth-order valence-corrected chi connectivity index (χ4v) is 6.05. The van der Waals surface area contributed by atoms with Gasteiger partial charge in [0.2, 0.25) is 5.91 Å². The van der Waals surface area contributed by atoms with E-state index in [1.165, 1.54) is 11.6 Å². The summed E-state index contributed by atoms with van der Waals surface area (Å²) in [6.07, 6.45) is 3.40. The van der Waals surface area contributed by atoms with Crippen LogP contribution in [-0.2, 0) is 16.0 Å². The maximum atomic E-state index is 13.3. The summed E-state index contributed by atoms with van der Waals surface area (Å²) < 4.78 is 0. The van der Waals surface area contributed by atoms with Crippen molar-refractivity contribution in [3.8, 4) is 0 Å². The molecular weight excluding hydrogens is 344 g/mol. The van der Waals surface area contributed by atoms with Gasteiger partial charge in [-0.1, -0.05) is 30.3 Å². The zero-order chi connectivity index (χ0) is 18.4. The highest BCUT2D eigenvalue weighted by Crippen LogP contribution is 2.56. The van der Waals surface area contributed by atoms with Crippen LogP contribution in [0.3, 0.4) is 0 Å². The van der Waals surface area contributed by atoms with E-state index in [-0.39, 0.29) is 28.6 Å². The van der Waals surface area contributed by atoms with Crippen molar-refractivity contribution in [3.05, 3.63) is 75.2 Å². The Balaban J connectivity index is 1.62. The van der Waals surface area contributed by atoms with Gasteiger partial charge in [-0.15, -0.1) is 0 Å². The van der Waals surface area contributed by atoms with E-state index in [1.807, 2.05) is 18.2 Å². The monoisotopic (exact) mass is 362 g/mol. The normalized spacial score (nSPS) is 38.4. The summed E-state index contributed by atoms with van der Waals surface area (Å²) in [4.78, 5) is 25.4. The third-order valence-electron chi connectivity index (χ3n) is 6.93. The van der Waals surface area contributed by atoms with Crippen LogP contribution in [0.4, 0.5) is 0 Å². The van der Waals surface area contributed by atoms with Gasteiger partial charge in [-0.25, -0.2) is 0 Å². The molecule has 1 saturated heterocycles. The number of nitrogens with one attached hydrogen (secondary N) is 2. The lowest BCUT2D eigenvalue weighted by molar-refractivity contribution is -0.830. The summed E-state index contributed by atoms with van der Waals surface area (Å²) in [6, 6.07) is 7.58. The minimum Gasteiger partial charge on any atom is -0.629 e. The number of carbonyl (C=O) groups excluding carboxylic acids is 2. The van der Waals surface area contributed by atoms with Gasteiger partial charge in [0, 0.05) is 35.3 Å². The van der Waals surface area contributed by atoms with E-state index in [2.05, 4.69) is 11.4 Å². The Morgan fingerprint density at radius 2 is 1.96 bits per heavy atom. The number of allylic oxidation sites excluding steroid dienone is 2. The number of hydrogen-bond acceptors (Lipinski definition) is 4. The van der Waals surface area contributed by atoms with Crippen LogP contribution in [0.25, 0.3) is 0 Å². The molecule has 0 aromatic heterocycles. The van der Waals surface area contributed by atoms with Gasteiger partial charge in [-0.2, -0.15) is 0 Å². The number of carbonyl (C=O) groups is 2. The molecule has 3 aliphatic carbocycles. The zero-order valence-electron chi connectivity index (χ0n) is 14.4. The Kier molecular flexibility index (Phi) is 2.90. The lowest BCUT2D eigenvalue weighted by Crippen LogP contribution is -3.09. The molecule has 1 amide bonds. The molecule has 6 nitrogen and oxygen atoms in total. The first-order valence-electron chi connectivity index (χ1n) is 9.37. The number of aliphatic hydroxyl groups is 1. The van der Waals surface area contributed by atoms with Crippen LogP contribution >= 0.6 is 0 Å². The van der Waals surface area contributed by atoms with Crippen LogP contribution in [0.5, 0.6) is 0 Å². The van der Waals surface area contributed by atoms with E-state index >= 15 is 0 Å². The van der Waals surface area contributed by atoms with E-state index in [0.29, 0.717) is 28.8 Å². The molecule has 6 heteroatoms. The molecule has 27 heavy (non-hydrogen) atoms. The number of rotatable bonds is 0. The standard InChI is InChI=1S/C21H18N2O4/c24-13-7-3-6-12-15(13)16-18-17(20(25)22-21(18)26)14-10-5-2-1-4-9(10)8-11(14)19(16)23(12)27/h1-5,7,11,14,17,19-20,23,25H,6,8H2,(H,22,26). The molecule has 5 aliphatic rings. The smallest absolute Gasteiger partial charge is 0.250 e. The number of benzene rings is 1. The highest BCUT2D eigenvalue weighted by Gasteiger charge is 2.61. The summed E-state index contributed by atoms with van der Waals surface area (Å²) in [7, 11) is 0. The number of hydrogen-bond donors (Lipinski definition) is 3. The number of ketones is 1. The van der Waals surface area contributed by atoms with Gasteiger partial charge in [0.1, 0.15) is 18.0 Å². The van der Waals surface area contributed by atoms with E-state index in [0.717, 1.165) is 12.0 Å². The molecule has 136 valence electrons. The number of fused-ring (bicyclic) bond motifs is 8. The second-order valence-corrected chi connectivity index (χ2v) is 8.03. The fraction of sp³-hybridized carbons (Fsp3) is 0.333. The second-order valence-electron chi connectivity index (χ2n) is 8.03. The minimum absolute atomic E-state index is 0.0133. The molecular formula is C21H18N2O4. The van der Waals surface area contributed by atoms with Crippen LogP contribution in [0.1, 0.15) is 23.5 Å². The quantitative estimate of drug-likeness (QED) is 0.560. The lowest BCUT2D eigenvalue weighted by Gasteiger charge is -2.41. The van der Waals surface area contributed by atoms with Gasteiger partial charge in [-0.3, -0.25) is 9.59 Å². The van der Waals surface area contributed by atoms with Crippen molar-refractivity contribution in [2.45, 2.75) is 31.0 Å². The van der Waals surface area contributed by atoms with Crippen molar-refractivity contribution < 1.29 is 19.8 Å². The predicted octanol–water partition coefficient (Wildman–Crippen LogP) is -0.135. The molecule has 6 rings (SSSR count). The fourth-order valence-electron chi connectivity index (χ4n) is 6.05. The highest BCUT2D eigenvalue weighted by atomic mass is 16.5. The van der Waals surface area contributed by atoms with Crippen LogP contribution in [0.15, 0.2) is 58.8 Å². The molecule has 6 atom stereocenters. The van der Waals surface area contributed by atoms with E-state index < -0.39 is 18.2 Å². The summed E-state index contributed by atoms with van der Waals surface area (Å²) in [5.74, 6) is -1.09. The van der Waals surface area contributed by atoms with Gasteiger partial charge in [-0.05, 0) is 23.6 Å². The summed E-state index contributed by atoms with van der Waals surface area (Å²) in [5, 5.41) is 26.6. The van der Waals surface area contributed by atoms with Crippen molar-refractivity contribution in [2.75, 3.05) is 0 Å². The van der Waals surface area contributed by atoms with Gasteiger partial charge in [0.15, 0.2) is 5.78 Å². The first kappa shape index (κ1) is 15.5. The molecule has 0 spiro atoms. The molecule has 0 bridgehead atoms. The maximum Gasteiger partial charge on any atom is 0.250 e. The number of hydroxylamine groups is 2. The van der Waals surface area contributed by atoms with Crippen LogP contribution < -0.4 is 10.4 Å². The van der Waals surface area contributed by atoms with Crippen molar-refractivity contribution in [1.82, 2.24) is 5.32 Å². The lowest BCUT2D eigenvalue weighted by atomic mass is 9.66. The number of aliphatic hydroxyl groups excluding tert-OH is 1. The molecule has 1 aromatic rings. The number of amides is 1. The third-order valence-corrected chi connectivity index (χ3v) is 6.93. The molecule has 1 fully saturated rings.